The van der Waals surface area contributed by atoms with Crippen molar-refractivity contribution in [2.24, 2.45) is 0 Å². The van der Waals surface area contributed by atoms with Crippen LogP contribution >= 0.6 is 0 Å². The van der Waals surface area contributed by atoms with Crippen molar-refractivity contribution in [2.75, 3.05) is 24.8 Å². The lowest BCUT2D eigenvalue weighted by molar-refractivity contribution is 0.0499. The fourth-order valence-corrected chi connectivity index (χ4v) is 3.13. The number of H-pyrrole nitrogens is 1. The van der Waals surface area contributed by atoms with Crippen LogP contribution in [-0.4, -0.2) is 41.5 Å². The molecule has 4 aromatic rings. The summed E-state index contributed by atoms with van der Waals surface area (Å²) >= 11 is 0. The number of aromatic amines is 1. The van der Waals surface area contributed by atoms with Gasteiger partial charge in [-0.05, 0) is 48.9 Å². The van der Waals surface area contributed by atoms with Crippen molar-refractivity contribution in [3.63, 3.8) is 0 Å². The summed E-state index contributed by atoms with van der Waals surface area (Å²) in [6.07, 6.45) is 1.31. The van der Waals surface area contributed by atoms with Crippen molar-refractivity contribution in [1.29, 1.82) is 0 Å². The number of anilines is 2. The van der Waals surface area contributed by atoms with Crippen LogP contribution in [0.25, 0.3) is 11.0 Å². The summed E-state index contributed by atoms with van der Waals surface area (Å²) in [6, 6.07) is 20.9. The number of carbonyl (C=O) groups excluding carboxylic acids is 3. The molecule has 9 heteroatoms. The minimum absolute atomic E-state index is 0.0698. The first kappa shape index (κ1) is 26.0. The van der Waals surface area contributed by atoms with Gasteiger partial charge in [0.15, 0.2) is 5.78 Å². The number of nitrogens with one attached hydrogen (secondary N) is 2. The molecule has 4 N–H and O–H groups in total. The van der Waals surface area contributed by atoms with Crippen LogP contribution in [0.4, 0.5) is 16.4 Å². The molecule has 186 valence electrons. The van der Waals surface area contributed by atoms with Crippen molar-refractivity contribution in [2.45, 2.75) is 19.8 Å². The third-order valence-corrected chi connectivity index (χ3v) is 5.06. The number of ketones is 1. The van der Waals surface area contributed by atoms with E-state index in [1.807, 2.05) is 18.2 Å². The van der Waals surface area contributed by atoms with Crippen molar-refractivity contribution in [3.8, 4) is 0 Å². The molecule has 0 saturated heterocycles. The Hall–Kier alpha value is -4.66. The highest BCUT2D eigenvalue weighted by molar-refractivity contribution is 6.10. The summed E-state index contributed by atoms with van der Waals surface area (Å²) in [5.41, 5.74) is 9.17. The average molecular weight is 489 g/mol. The SMILES string of the molecule is CCCCOC(=O)c1ccc(N)cc1.COC(=O)Nc1nc2ccc(C(=O)c3ccccc3)cc2[nH]1. The standard InChI is InChI=1S/C16H13N3O3.C11H15NO2/c1-22-16(21)19-15-17-12-8-7-11(9-13(12)18-15)14(20)10-5-3-2-4-6-10;1-2-3-8-14-11(13)9-4-6-10(12)7-5-9/h2-9H,1H3,(H2,17,18,19,21);4-7H,2-3,8,12H2,1H3. The molecule has 0 aliphatic carbocycles. The van der Waals surface area contributed by atoms with Crippen LogP contribution in [-0.2, 0) is 9.47 Å². The van der Waals surface area contributed by atoms with E-state index in [1.165, 1.54) is 7.11 Å². The molecule has 1 heterocycles. The lowest BCUT2D eigenvalue weighted by atomic mass is 10.0. The van der Waals surface area contributed by atoms with Gasteiger partial charge in [-0.1, -0.05) is 43.7 Å². The third kappa shape index (κ3) is 7.17. The number of benzene rings is 3. The van der Waals surface area contributed by atoms with Gasteiger partial charge in [-0.2, -0.15) is 0 Å². The number of fused-ring (bicyclic) bond motifs is 1. The number of nitrogens with two attached hydrogens (primary N) is 1. The van der Waals surface area contributed by atoms with Crippen molar-refractivity contribution in [1.82, 2.24) is 9.97 Å². The van der Waals surface area contributed by atoms with Gasteiger partial charge in [0.25, 0.3) is 0 Å². The van der Waals surface area contributed by atoms with Crippen molar-refractivity contribution < 1.29 is 23.9 Å². The van der Waals surface area contributed by atoms with E-state index in [9.17, 15) is 14.4 Å². The summed E-state index contributed by atoms with van der Waals surface area (Å²) in [6.45, 7) is 2.54. The quantitative estimate of drug-likeness (QED) is 0.141. The van der Waals surface area contributed by atoms with Crippen LogP contribution in [0, 0.1) is 0 Å². The highest BCUT2D eigenvalue weighted by Crippen LogP contribution is 2.18. The lowest BCUT2D eigenvalue weighted by Crippen LogP contribution is -2.11. The Morgan fingerprint density at radius 3 is 2.31 bits per heavy atom. The second-order valence-corrected chi connectivity index (χ2v) is 7.74. The van der Waals surface area contributed by atoms with Gasteiger partial charge in [-0.15, -0.1) is 0 Å². The first-order chi connectivity index (χ1) is 17.4. The van der Waals surface area contributed by atoms with Gasteiger partial charge in [-0.25, -0.2) is 14.6 Å². The van der Waals surface area contributed by atoms with Crippen LogP contribution in [0.1, 0.15) is 46.0 Å². The third-order valence-electron chi connectivity index (χ3n) is 5.06. The number of aromatic nitrogens is 2. The molecule has 0 atom stereocenters. The minimum Gasteiger partial charge on any atom is -0.462 e. The lowest BCUT2D eigenvalue weighted by Gasteiger charge is -2.03. The van der Waals surface area contributed by atoms with Gasteiger partial charge >= 0.3 is 12.1 Å². The normalized spacial score (nSPS) is 10.2. The number of hydrogen-bond acceptors (Lipinski definition) is 7. The fraction of sp³-hybridized carbons (Fsp3) is 0.185. The van der Waals surface area contributed by atoms with Crippen LogP contribution in [0.3, 0.4) is 0 Å². The van der Waals surface area contributed by atoms with E-state index >= 15 is 0 Å². The van der Waals surface area contributed by atoms with E-state index in [0.717, 1.165) is 12.8 Å². The molecule has 1 amide bonds. The average Bonchev–Trinajstić information content (AvgIpc) is 3.31. The predicted octanol–water partition coefficient (Wildman–Crippen LogP) is 5.20. The predicted molar refractivity (Wildman–Crippen MR) is 138 cm³/mol. The zero-order chi connectivity index (χ0) is 25.9. The number of nitrogens with zero attached hydrogens (tertiary/aromatic N) is 1. The summed E-state index contributed by atoms with van der Waals surface area (Å²) in [4.78, 5) is 42.1. The maximum Gasteiger partial charge on any atom is 0.413 e. The van der Waals surface area contributed by atoms with Gasteiger partial charge in [0.2, 0.25) is 5.95 Å². The topological polar surface area (TPSA) is 136 Å². The molecule has 0 unspecified atom stereocenters. The summed E-state index contributed by atoms with van der Waals surface area (Å²) in [7, 11) is 1.27. The van der Waals surface area contributed by atoms with Crippen LogP contribution in [0.5, 0.6) is 0 Å². The number of amides is 1. The van der Waals surface area contributed by atoms with E-state index in [4.69, 9.17) is 10.5 Å². The Morgan fingerprint density at radius 1 is 0.944 bits per heavy atom. The van der Waals surface area contributed by atoms with Gasteiger partial charge in [-0.3, -0.25) is 10.1 Å². The number of esters is 1. The second kappa shape index (κ2) is 12.7. The number of hydrogen-bond donors (Lipinski definition) is 3. The Kier molecular flexibility index (Phi) is 9.16. The zero-order valence-electron chi connectivity index (χ0n) is 20.1. The maximum atomic E-state index is 12.4. The molecule has 0 aliphatic rings. The van der Waals surface area contributed by atoms with Crippen LogP contribution < -0.4 is 11.1 Å². The monoisotopic (exact) mass is 488 g/mol. The van der Waals surface area contributed by atoms with E-state index in [-0.39, 0.29) is 17.7 Å². The van der Waals surface area contributed by atoms with Gasteiger partial charge in [0.05, 0.1) is 30.3 Å². The molecular weight excluding hydrogens is 460 g/mol. The molecule has 0 fully saturated rings. The molecule has 1 aromatic heterocycles. The largest absolute Gasteiger partial charge is 0.462 e. The van der Waals surface area contributed by atoms with Crippen molar-refractivity contribution in [3.05, 3.63) is 89.5 Å². The highest BCUT2D eigenvalue weighted by Gasteiger charge is 2.12. The number of methoxy groups -OCH3 is 1. The van der Waals surface area contributed by atoms with Crippen LogP contribution in [0.15, 0.2) is 72.8 Å². The molecule has 0 saturated carbocycles. The van der Waals surface area contributed by atoms with Gasteiger partial charge in [0.1, 0.15) is 0 Å². The molecule has 0 spiro atoms. The number of imidazole rings is 1. The Morgan fingerprint density at radius 2 is 1.64 bits per heavy atom. The number of ether oxygens (including phenoxy) is 2. The summed E-state index contributed by atoms with van der Waals surface area (Å²) < 4.78 is 9.53. The summed E-state index contributed by atoms with van der Waals surface area (Å²) in [5.74, 6) is -0.0795. The molecule has 0 bridgehead atoms. The number of unbranched alkanes of at least 4 members (excludes halogenated alkanes) is 1. The van der Waals surface area contributed by atoms with E-state index in [0.29, 0.717) is 40.0 Å². The molecular formula is C27H28N4O5. The van der Waals surface area contributed by atoms with Gasteiger partial charge < -0.3 is 20.2 Å². The van der Waals surface area contributed by atoms with Gasteiger partial charge in [0, 0.05) is 16.8 Å². The van der Waals surface area contributed by atoms with Crippen molar-refractivity contribution >= 4 is 40.5 Å². The Bertz CT molecular complexity index is 1320. The molecule has 9 nitrogen and oxygen atoms in total. The molecule has 0 radical (unpaired) electrons. The highest BCUT2D eigenvalue weighted by atomic mass is 16.5. The molecule has 4 rings (SSSR count). The fourth-order valence-electron chi connectivity index (χ4n) is 3.13. The van der Waals surface area contributed by atoms with Crippen LogP contribution in [0.2, 0.25) is 0 Å². The minimum atomic E-state index is -0.611. The molecule has 0 aliphatic heterocycles. The first-order valence-corrected chi connectivity index (χ1v) is 11.4. The Labute approximate surface area is 208 Å². The Balaban J connectivity index is 0.000000223. The number of nitrogen functional groups attached to an aromatic ring is 1. The smallest absolute Gasteiger partial charge is 0.413 e. The number of rotatable bonds is 7. The maximum absolute atomic E-state index is 12.4. The number of carbonyl (C=O) groups is 3. The zero-order valence-corrected chi connectivity index (χ0v) is 20.1. The van der Waals surface area contributed by atoms with E-state index in [1.54, 1.807) is 54.6 Å². The summed E-state index contributed by atoms with van der Waals surface area (Å²) in [5, 5.41) is 2.45. The molecule has 36 heavy (non-hydrogen) atoms. The first-order valence-electron chi connectivity index (χ1n) is 11.4. The molecule has 3 aromatic carbocycles. The second-order valence-electron chi connectivity index (χ2n) is 7.74. The van der Waals surface area contributed by atoms with E-state index < -0.39 is 6.09 Å². The van der Waals surface area contributed by atoms with E-state index in [2.05, 4.69) is 26.9 Å².